The monoisotopic (exact) mass is 311 g/mol. The van der Waals surface area contributed by atoms with E-state index in [-0.39, 0.29) is 5.91 Å². The zero-order chi connectivity index (χ0) is 14.1. The molecule has 1 aromatic heterocycles. The fourth-order valence-electron chi connectivity index (χ4n) is 2.88. The summed E-state index contributed by atoms with van der Waals surface area (Å²) < 4.78 is 0. The lowest BCUT2D eigenvalue weighted by Gasteiger charge is -2.32. The van der Waals surface area contributed by atoms with Crippen LogP contribution in [0.15, 0.2) is 5.38 Å². The third-order valence-electron chi connectivity index (χ3n) is 3.97. The lowest BCUT2D eigenvalue weighted by molar-refractivity contribution is -0.141. The number of carbonyl (C=O) groups is 2. The Morgan fingerprint density at radius 3 is 2.90 bits per heavy atom. The van der Waals surface area contributed by atoms with Gasteiger partial charge in [0.2, 0.25) is 0 Å². The summed E-state index contributed by atoms with van der Waals surface area (Å²) in [7, 11) is 0. The molecule has 1 amide bonds. The second-order valence-corrected chi connectivity index (χ2v) is 7.30. The summed E-state index contributed by atoms with van der Waals surface area (Å²) >= 11 is 3.26. The van der Waals surface area contributed by atoms with Gasteiger partial charge in [0.25, 0.3) is 5.91 Å². The first-order chi connectivity index (χ1) is 9.68. The number of carboxylic acids is 1. The molecule has 0 aromatic carbocycles. The van der Waals surface area contributed by atoms with Crippen molar-refractivity contribution in [1.82, 2.24) is 4.90 Å². The van der Waals surface area contributed by atoms with Crippen molar-refractivity contribution in [3.05, 3.63) is 21.4 Å². The van der Waals surface area contributed by atoms with Crippen molar-refractivity contribution in [3.63, 3.8) is 0 Å². The summed E-state index contributed by atoms with van der Waals surface area (Å²) in [5.74, 6) is 0.335. The Kier molecular flexibility index (Phi) is 4.03. The Hall–Kier alpha value is -1.01. The van der Waals surface area contributed by atoms with Gasteiger partial charge < -0.3 is 10.0 Å². The number of aliphatic carboxylic acids is 1. The summed E-state index contributed by atoms with van der Waals surface area (Å²) in [5, 5.41) is 11.2. The molecule has 1 aliphatic heterocycles. The Labute approximate surface area is 126 Å². The van der Waals surface area contributed by atoms with Gasteiger partial charge in [-0.3, -0.25) is 4.79 Å². The Morgan fingerprint density at radius 1 is 1.30 bits per heavy atom. The molecule has 0 bridgehead atoms. The highest BCUT2D eigenvalue weighted by molar-refractivity contribution is 7.99. The van der Waals surface area contributed by atoms with E-state index in [2.05, 4.69) is 0 Å². The second-order valence-electron chi connectivity index (χ2n) is 5.19. The van der Waals surface area contributed by atoms with Crippen LogP contribution in [0.5, 0.6) is 0 Å². The maximum atomic E-state index is 12.7. The van der Waals surface area contributed by atoms with Crippen molar-refractivity contribution >= 4 is 35.0 Å². The van der Waals surface area contributed by atoms with E-state index in [1.165, 1.54) is 16.9 Å². The van der Waals surface area contributed by atoms with Gasteiger partial charge in [-0.05, 0) is 31.2 Å². The number of hydrogen-bond donors (Lipinski definition) is 1. The lowest BCUT2D eigenvalue weighted by atomic mass is 9.95. The van der Waals surface area contributed by atoms with Gasteiger partial charge in [-0.1, -0.05) is 0 Å². The highest BCUT2D eigenvalue weighted by atomic mass is 32.2. The molecule has 3 rings (SSSR count). The van der Waals surface area contributed by atoms with E-state index in [0.717, 1.165) is 30.6 Å². The molecule has 6 heteroatoms. The highest BCUT2D eigenvalue weighted by Gasteiger charge is 2.34. The van der Waals surface area contributed by atoms with Crippen LogP contribution in [0.25, 0.3) is 0 Å². The predicted molar refractivity (Wildman–Crippen MR) is 80.7 cm³/mol. The molecule has 1 N–H and O–H groups in total. The number of carbonyl (C=O) groups excluding carboxylic acids is 1. The van der Waals surface area contributed by atoms with E-state index in [0.29, 0.717) is 12.3 Å². The maximum Gasteiger partial charge on any atom is 0.327 e. The minimum atomic E-state index is -0.894. The van der Waals surface area contributed by atoms with Crippen LogP contribution in [0.3, 0.4) is 0 Å². The molecule has 0 spiro atoms. The first kappa shape index (κ1) is 13.9. The number of hydrogen-bond acceptors (Lipinski definition) is 4. The number of amides is 1. The summed E-state index contributed by atoms with van der Waals surface area (Å²) in [6.45, 7) is 0.533. The van der Waals surface area contributed by atoms with E-state index in [9.17, 15) is 14.7 Å². The van der Waals surface area contributed by atoms with Gasteiger partial charge in [-0.15, -0.1) is 11.3 Å². The first-order valence-electron chi connectivity index (χ1n) is 6.89. The molecule has 2 aliphatic rings. The smallest absolute Gasteiger partial charge is 0.327 e. The SMILES string of the molecule is O=C(O)C1CSCCN1C(=O)c1csc2c1CCCC2. The highest BCUT2D eigenvalue weighted by Crippen LogP contribution is 2.32. The van der Waals surface area contributed by atoms with Gasteiger partial charge in [0.1, 0.15) is 6.04 Å². The summed E-state index contributed by atoms with van der Waals surface area (Å²) in [6, 6.07) is -0.680. The number of nitrogens with zero attached hydrogens (tertiary/aromatic N) is 1. The van der Waals surface area contributed by atoms with Crippen LogP contribution in [-0.2, 0) is 17.6 Å². The molecule has 20 heavy (non-hydrogen) atoms. The fraction of sp³-hybridized carbons (Fsp3) is 0.571. The van der Waals surface area contributed by atoms with Crippen LogP contribution < -0.4 is 0 Å². The van der Waals surface area contributed by atoms with Gasteiger partial charge in [0, 0.05) is 28.3 Å². The van der Waals surface area contributed by atoms with E-state index >= 15 is 0 Å². The Morgan fingerprint density at radius 2 is 2.10 bits per heavy atom. The van der Waals surface area contributed by atoms with Crippen molar-refractivity contribution in [2.75, 3.05) is 18.1 Å². The zero-order valence-electron chi connectivity index (χ0n) is 11.1. The van der Waals surface area contributed by atoms with Crippen molar-refractivity contribution in [3.8, 4) is 0 Å². The lowest BCUT2D eigenvalue weighted by Crippen LogP contribution is -2.50. The molecule has 1 atom stereocenters. The zero-order valence-corrected chi connectivity index (χ0v) is 12.8. The molecule has 0 saturated carbocycles. The van der Waals surface area contributed by atoms with Crippen molar-refractivity contribution in [1.29, 1.82) is 0 Å². The normalized spacial score (nSPS) is 22.4. The van der Waals surface area contributed by atoms with Gasteiger partial charge in [-0.2, -0.15) is 11.8 Å². The predicted octanol–water partition coefficient (Wildman–Crippen LogP) is 2.27. The number of rotatable bonds is 2. The molecular formula is C14H17NO3S2. The van der Waals surface area contributed by atoms with Crippen LogP contribution in [0.1, 0.15) is 33.6 Å². The van der Waals surface area contributed by atoms with Gasteiger partial charge in [0.05, 0.1) is 5.56 Å². The van der Waals surface area contributed by atoms with Crippen molar-refractivity contribution in [2.45, 2.75) is 31.7 Å². The molecule has 4 nitrogen and oxygen atoms in total. The van der Waals surface area contributed by atoms with Crippen LogP contribution in [-0.4, -0.2) is 46.0 Å². The largest absolute Gasteiger partial charge is 0.480 e. The molecule has 1 aliphatic carbocycles. The molecule has 1 unspecified atom stereocenters. The molecule has 0 radical (unpaired) electrons. The maximum absolute atomic E-state index is 12.7. The number of fused-ring (bicyclic) bond motifs is 1. The minimum absolute atomic E-state index is 0.0860. The van der Waals surface area contributed by atoms with Crippen molar-refractivity contribution in [2.24, 2.45) is 0 Å². The van der Waals surface area contributed by atoms with Crippen LogP contribution in [0.4, 0.5) is 0 Å². The Bertz CT molecular complexity index is 541. The topological polar surface area (TPSA) is 57.6 Å². The van der Waals surface area contributed by atoms with E-state index in [1.807, 2.05) is 5.38 Å². The van der Waals surface area contributed by atoms with Crippen LogP contribution in [0, 0.1) is 0 Å². The first-order valence-corrected chi connectivity index (χ1v) is 8.92. The van der Waals surface area contributed by atoms with E-state index in [1.54, 1.807) is 28.0 Å². The summed E-state index contributed by atoms with van der Waals surface area (Å²) in [5.41, 5.74) is 1.93. The minimum Gasteiger partial charge on any atom is -0.480 e. The number of thioether (sulfide) groups is 1. The number of carboxylic acid groups (broad SMARTS) is 1. The third-order valence-corrected chi connectivity index (χ3v) is 6.08. The average Bonchev–Trinajstić information content (AvgIpc) is 2.90. The van der Waals surface area contributed by atoms with Crippen LogP contribution in [0.2, 0.25) is 0 Å². The third kappa shape index (κ3) is 2.46. The molecule has 108 valence electrons. The van der Waals surface area contributed by atoms with Crippen LogP contribution >= 0.6 is 23.1 Å². The average molecular weight is 311 g/mol. The quantitative estimate of drug-likeness (QED) is 0.910. The van der Waals surface area contributed by atoms with Gasteiger partial charge in [0.15, 0.2) is 0 Å². The number of aryl methyl sites for hydroxylation is 1. The Balaban J connectivity index is 1.87. The second kappa shape index (κ2) is 5.77. The van der Waals surface area contributed by atoms with E-state index in [4.69, 9.17) is 0 Å². The fourth-order valence-corrected chi connectivity index (χ4v) is 5.04. The molecular weight excluding hydrogens is 294 g/mol. The molecule has 1 fully saturated rings. The molecule has 1 aromatic rings. The van der Waals surface area contributed by atoms with E-state index < -0.39 is 12.0 Å². The summed E-state index contributed by atoms with van der Waals surface area (Å²) in [6.07, 6.45) is 4.34. The van der Waals surface area contributed by atoms with Gasteiger partial charge in [-0.25, -0.2) is 4.79 Å². The summed E-state index contributed by atoms with van der Waals surface area (Å²) in [4.78, 5) is 26.9. The van der Waals surface area contributed by atoms with Crippen molar-refractivity contribution < 1.29 is 14.7 Å². The molecule has 2 heterocycles. The van der Waals surface area contributed by atoms with Gasteiger partial charge >= 0.3 is 5.97 Å². The number of thiophene rings is 1. The standard InChI is InChI=1S/C14H17NO3S2/c16-13(15-5-6-19-8-11(15)14(17)18)10-7-20-12-4-2-1-3-9(10)12/h7,11H,1-6,8H2,(H,17,18). The molecule has 1 saturated heterocycles.